The first kappa shape index (κ1) is 14.6. The van der Waals surface area contributed by atoms with Crippen LogP contribution in [0.25, 0.3) is 0 Å². The highest BCUT2D eigenvalue weighted by atomic mass is 35.5. The van der Waals surface area contributed by atoms with Crippen LogP contribution >= 0.6 is 12.4 Å². The van der Waals surface area contributed by atoms with Gasteiger partial charge in [0.1, 0.15) is 0 Å². The molecule has 1 aromatic rings. The van der Waals surface area contributed by atoms with E-state index < -0.39 is 18.9 Å². The Morgan fingerprint density at radius 2 is 1.88 bits per heavy atom. The first-order valence-corrected chi connectivity index (χ1v) is 4.52. The van der Waals surface area contributed by atoms with Crippen molar-refractivity contribution in [1.82, 2.24) is 5.32 Å². The van der Waals surface area contributed by atoms with E-state index in [9.17, 15) is 13.6 Å². The van der Waals surface area contributed by atoms with E-state index in [4.69, 9.17) is 0 Å². The standard InChI is InChI=1S/C10H12F2N2O.ClH/c11-9(12)6-14-10(15)7-13-8-4-2-1-3-5-8;/h1-5,9,13H,6-7H2,(H,14,15);1H. The molecule has 0 fully saturated rings. The molecule has 0 saturated carbocycles. The van der Waals surface area contributed by atoms with Crippen molar-refractivity contribution in [2.45, 2.75) is 6.43 Å². The molecule has 1 rings (SSSR count). The maximum absolute atomic E-state index is 11.7. The van der Waals surface area contributed by atoms with Crippen LogP contribution in [0.3, 0.4) is 0 Å². The molecule has 0 aliphatic heterocycles. The van der Waals surface area contributed by atoms with Crippen LogP contribution in [0.5, 0.6) is 0 Å². The fourth-order valence-corrected chi connectivity index (χ4v) is 0.992. The Balaban J connectivity index is 0.00000225. The van der Waals surface area contributed by atoms with Gasteiger partial charge in [0.25, 0.3) is 6.43 Å². The number of benzene rings is 1. The smallest absolute Gasteiger partial charge is 0.255 e. The lowest BCUT2D eigenvalue weighted by molar-refractivity contribution is -0.120. The van der Waals surface area contributed by atoms with Crippen molar-refractivity contribution in [2.24, 2.45) is 0 Å². The third kappa shape index (κ3) is 6.19. The van der Waals surface area contributed by atoms with Gasteiger partial charge in [-0.25, -0.2) is 8.78 Å². The molecular formula is C10H13ClF2N2O. The fraction of sp³-hybridized carbons (Fsp3) is 0.300. The molecule has 0 heterocycles. The Morgan fingerprint density at radius 3 is 2.44 bits per heavy atom. The maximum atomic E-state index is 11.7. The molecule has 0 atom stereocenters. The Morgan fingerprint density at radius 1 is 1.25 bits per heavy atom. The molecule has 16 heavy (non-hydrogen) atoms. The zero-order valence-electron chi connectivity index (χ0n) is 8.45. The summed E-state index contributed by atoms with van der Waals surface area (Å²) in [4.78, 5) is 11.0. The Hall–Kier alpha value is -1.36. The summed E-state index contributed by atoms with van der Waals surface area (Å²) >= 11 is 0. The van der Waals surface area contributed by atoms with E-state index in [1.165, 1.54) is 0 Å². The molecule has 1 amide bonds. The van der Waals surface area contributed by atoms with Crippen molar-refractivity contribution >= 4 is 24.0 Å². The van der Waals surface area contributed by atoms with E-state index in [-0.39, 0.29) is 19.0 Å². The van der Waals surface area contributed by atoms with Crippen molar-refractivity contribution < 1.29 is 13.6 Å². The molecule has 0 unspecified atom stereocenters. The number of nitrogens with one attached hydrogen (secondary N) is 2. The van der Waals surface area contributed by atoms with E-state index in [1.807, 2.05) is 18.2 Å². The number of anilines is 1. The van der Waals surface area contributed by atoms with Crippen LogP contribution in [0, 0.1) is 0 Å². The summed E-state index contributed by atoms with van der Waals surface area (Å²) in [5.74, 6) is -0.445. The quantitative estimate of drug-likeness (QED) is 0.838. The predicted molar refractivity (Wildman–Crippen MR) is 61.2 cm³/mol. The number of carbonyl (C=O) groups excluding carboxylic acids is 1. The lowest BCUT2D eigenvalue weighted by Crippen LogP contribution is -2.33. The van der Waals surface area contributed by atoms with Gasteiger partial charge in [0.05, 0.1) is 13.1 Å². The molecule has 0 saturated heterocycles. The molecule has 2 N–H and O–H groups in total. The summed E-state index contributed by atoms with van der Waals surface area (Å²) in [6.07, 6.45) is -2.51. The van der Waals surface area contributed by atoms with Crippen LogP contribution in [-0.4, -0.2) is 25.4 Å². The highest BCUT2D eigenvalue weighted by Gasteiger charge is 2.05. The van der Waals surface area contributed by atoms with E-state index >= 15 is 0 Å². The van der Waals surface area contributed by atoms with Crippen LogP contribution < -0.4 is 10.6 Å². The summed E-state index contributed by atoms with van der Waals surface area (Å²) in [5, 5.41) is 4.91. The van der Waals surface area contributed by atoms with Crippen molar-refractivity contribution in [3.8, 4) is 0 Å². The van der Waals surface area contributed by atoms with Crippen LogP contribution in [0.15, 0.2) is 30.3 Å². The molecule has 1 aromatic carbocycles. The minimum Gasteiger partial charge on any atom is -0.376 e. The number of hydrogen-bond donors (Lipinski definition) is 2. The van der Waals surface area contributed by atoms with E-state index in [0.29, 0.717) is 0 Å². The second-order valence-corrected chi connectivity index (χ2v) is 2.91. The fourth-order valence-electron chi connectivity index (χ4n) is 0.992. The van der Waals surface area contributed by atoms with Crippen LogP contribution in [0.2, 0.25) is 0 Å². The van der Waals surface area contributed by atoms with Gasteiger partial charge >= 0.3 is 0 Å². The Bertz CT molecular complexity index is 309. The molecule has 0 radical (unpaired) electrons. The largest absolute Gasteiger partial charge is 0.376 e. The van der Waals surface area contributed by atoms with Crippen LogP contribution in [0.4, 0.5) is 14.5 Å². The minimum atomic E-state index is -2.51. The first-order chi connectivity index (χ1) is 7.18. The Labute approximate surface area is 98.6 Å². The lowest BCUT2D eigenvalue weighted by Gasteiger charge is -2.06. The zero-order valence-corrected chi connectivity index (χ0v) is 9.27. The molecule has 0 aliphatic carbocycles. The van der Waals surface area contributed by atoms with Crippen LogP contribution in [0.1, 0.15) is 0 Å². The van der Waals surface area contributed by atoms with E-state index in [1.54, 1.807) is 12.1 Å². The topological polar surface area (TPSA) is 41.1 Å². The van der Waals surface area contributed by atoms with Crippen molar-refractivity contribution in [1.29, 1.82) is 0 Å². The molecule has 0 bridgehead atoms. The summed E-state index contributed by atoms with van der Waals surface area (Å²) in [7, 11) is 0. The van der Waals surface area contributed by atoms with Gasteiger partial charge in [0.15, 0.2) is 0 Å². The average molecular weight is 251 g/mol. The van der Waals surface area contributed by atoms with Crippen molar-refractivity contribution in [2.75, 3.05) is 18.4 Å². The second kappa shape index (κ2) is 7.87. The van der Waals surface area contributed by atoms with Gasteiger partial charge in [-0.3, -0.25) is 4.79 Å². The number of alkyl halides is 2. The minimum absolute atomic E-state index is 0. The van der Waals surface area contributed by atoms with Crippen molar-refractivity contribution in [3.05, 3.63) is 30.3 Å². The second-order valence-electron chi connectivity index (χ2n) is 2.91. The number of halogens is 3. The summed E-state index contributed by atoms with van der Waals surface area (Å²) < 4.78 is 23.4. The third-order valence-corrected chi connectivity index (χ3v) is 1.68. The van der Waals surface area contributed by atoms with Crippen molar-refractivity contribution in [3.63, 3.8) is 0 Å². The normalized spacial score (nSPS) is 9.44. The molecule has 6 heteroatoms. The van der Waals surface area contributed by atoms with Gasteiger partial charge in [-0.15, -0.1) is 12.4 Å². The first-order valence-electron chi connectivity index (χ1n) is 4.52. The average Bonchev–Trinajstić information content (AvgIpc) is 2.25. The number of rotatable bonds is 5. The SMILES string of the molecule is Cl.O=C(CNc1ccccc1)NCC(F)F. The highest BCUT2D eigenvalue weighted by molar-refractivity contribution is 5.85. The zero-order chi connectivity index (χ0) is 11.1. The van der Waals surface area contributed by atoms with E-state index in [0.717, 1.165) is 5.69 Å². The summed E-state index contributed by atoms with van der Waals surface area (Å²) in [6.45, 7) is -0.605. The van der Waals surface area contributed by atoms with Gasteiger partial charge in [-0.2, -0.15) is 0 Å². The van der Waals surface area contributed by atoms with Crippen LogP contribution in [-0.2, 0) is 4.79 Å². The number of hydrogen-bond acceptors (Lipinski definition) is 2. The predicted octanol–water partition coefficient (Wildman–Crippen LogP) is 1.90. The summed E-state index contributed by atoms with van der Waals surface area (Å²) in [6, 6.07) is 9.07. The summed E-state index contributed by atoms with van der Waals surface area (Å²) in [5.41, 5.74) is 0.782. The van der Waals surface area contributed by atoms with Gasteiger partial charge in [-0.1, -0.05) is 18.2 Å². The maximum Gasteiger partial charge on any atom is 0.255 e. The molecule has 0 aliphatic rings. The molecule has 3 nitrogen and oxygen atoms in total. The molecule has 0 spiro atoms. The number of amides is 1. The van der Waals surface area contributed by atoms with Gasteiger partial charge < -0.3 is 10.6 Å². The van der Waals surface area contributed by atoms with Gasteiger partial charge in [-0.05, 0) is 12.1 Å². The lowest BCUT2D eigenvalue weighted by atomic mass is 10.3. The third-order valence-electron chi connectivity index (χ3n) is 1.68. The van der Waals surface area contributed by atoms with E-state index in [2.05, 4.69) is 10.6 Å². The molecule has 0 aromatic heterocycles. The number of carbonyl (C=O) groups is 1. The monoisotopic (exact) mass is 250 g/mol. The molecular weight excluding hydrogens is 238 g/mol. The van der Waals surface area contributed by atoms with Gasteiger partial charge in [0.2, 0.25) is 5.91 Å². The Kier molecular flexibility index (Phi) is 7.20. The molecule has 90 valence electrons. The number of para-hydroxylation sites is 1. The van der Waals surface area contributed by atoms with Gasteiger partial charge in [0, 0.05) is 5.69 Å². The highest BCUT2D eigenvalue weighted by Crippen LogP contribution is 2.03.